The Morgan fingerprint density at radius 1 is 1.14 bits per heavy atom. The Morgan fingerprint density at radius 2 is 1.81 bits per heavy atom. The zero-order valence-electron chi connectivity index (χ0n) is 12.6. The summed E-state index contributed by atoms with van der Waals surface area (Å²) in [6, 6.07) is 3.67. The van der Waals surface area contributed by atoms with E-state index in [-0.39, 0.29) is 18.3 Å². The Bertz CT molecular complexity index is 455. The maximum Gasteiger partial charge on any atom is 0.220 e. The zero-order valence-corrected chi connectivity index (χ0v) is 13.4. The SMILES string of the molecule is COc1ccc(CCC(=O)NCCN)c(OC)c1OC.Cl. The summed E-state index contributed by atoms with van der Waals surface area (Å²) in [5, 5.41) is 2.73. The van der Waals surface area contributed by atoms with Crippen molar-refractivity contribution >= 4 is 18.3 Å². The van der Waals surface area contributed by atoms with Crippen LogP contribution in [0.15, 0.2) is 12.1 Å². The van der Waals surface area contributed by atoms with E-state index in [4.69, 9.17) is 19.9 Å². The number of aryl methyl sites for hydroxylation is 1. The van der Waals surface area contributed by atoms with E-state index in [0.717, 1.165) is 5.56 Å². The zero-order chi connectivity index (χ0) is 15.0. The van der Waals surface area contributed by atoms with Crippen LogP contribution >= 0.6 is 12.4 Å². The van der Waals surface area contributed by atoms with Gasteiger partial charge in [0.1, 0.15) is 0 Å². The van der Waals surface area contributed by atoms with E-state index < -0.39 is 0 Å². The third kappa shape index (κ3) is 5.32. The minimum atomic E-state index is -0.0349. The van der Waals surface area contributed by atoms with Crippen LogP contribution in [0.25, 0.3) is 0 Å². The van der Waals surface area contributed by atoms with Gasteiger partial charge in [-0.1, -0.05) is 6.07 Å². The second kappa shape index (κ2) is 10.1. The maximum absolute atomic E-state index is 11.6. The van der Waals surface area contributed by atoms with Crippen molar-refractivity contribution < 1.29 is 19.0 Å². The first-order chi connectivity index (χ1) is 9.67. The molecule has 6 nitrogen and oxygen atoms in total. The Kier molecular flexibility index (Phi) is 9.32. The number of methoxy groups -OCH3 is 3. The third-order valence-corrected chi connectivity index (χ3v) is 2.87. The van der Waals surface area contributed by atoms with Crippen LogP contribution in [0.2, 0.25) is 0 Å². The number of rotatable bonds is 8. The molecule has 0 radical (unpaired) electrons. The Labute approximate surface area is 131 Å². The Balaban J connectivity index is 0.00000400. The van der Waals surface area contributed by atoms with Crippen LogP contribution < -0.4 is 25.3 Å². The largest absolute Gasteiger partial charge is 0.493 e. The van der Waals surface area contributed by atoms with Crippen LogP contribution in [0.3, 0.4) is 0 Å². The number of halogens is 1. The average Bonchev–Trinajstić information content (AvgIpc) is 2.49. The van der Waals surface area contributed by atoms with Crippen molar-refractivity contribution in [3.05, 3.63) is 17.7 Å². The first-order valence-corrected chi connectivity index (χ1v) is 6.42. The molecule has 0 spiro atoms. The lowest BCUT2D eigenvalue weighted by Crippen LogP contribution is -2.29. The van der Waals surface area contributed by atoms with Crippen LogP contribution in [0.5, 0.6) is 17.2 Å². The van der Waals surface area contributed by atoms with Gasteiger partial charge in [0.2, 0.25) is 11.7 Å². The normalized spacial score (nSPS) is 9.52. The first-order valence-electron chi connectivity index (χ1n) is 6.42. The highest BCUT2D eigenvalue weighted by Crippen LogP contribution is 2.40. The van der Waals surface area contributed by atoms with Crippen LogP contribution in [-0.2, 0) is 11.2 Å². The van der Waals surface area contributed by atoms with Gasteiger partial charge in [0.15, 0.2) is 11.5 Å². The average molecular weight is 319 g/mol. The van der Waals surface area contributed by atoms with Crippen molar-refractivity contribution in [2.24, 2.45) is 5.73 Å². The number of carbonyl (C=O) groups is 1. The molecule has 0 aliphatic carbocycles. The van der Waals surface area contributed by atoms with Gasteiger partial charge in [-0.2, -0.15) is 0 Å². The minimum absolute atomic E-state index is 0. The number of ether oxygens (including phenoxy) is 3. The summed E-state index contributed by atoms with van der Waals surface area (Å²) < 4.78 is 15.9. The molecule has 0 unspecified atom stereocenters. The quantitative estimate of drug-likeness (QED) is 0.751. The van der Waals surface area contributed by atoms with E-state index in [1.54, 1.807) is 27.4 Å². The van der Waals surface area contributed by atoms with Crippen molar-refractivity contribution in [3.8, 4) is 17.2 Å². The molecular weight excluding hydrogens is 296 g/mol. The maximum atomic E-state index is 11.6. The summed E-state index contributed by atoms with van der Waals surface area (Å²) >= 11 is 0. The molecule has 0 atom stereocenters. The first kappa shape index (κ1) is 19.3. The van der Waals surface area contributed by atoms with Gasteiger partial charge in [0, 0.05) is 19.5 Å². The summed E-state index contributed by atoms with van der Waals surface area (Å²) in [6.45, 7) is 0.924. The van der Waals surface area contributed by atoms with Crippen molar-refractivity contribution in [2.75, 3.05) is 34.4 Å². The fourth-order valence-corrected chi connectivity index (χ4v) is 1.91. The van der Waals surface area contributed by atoms with Gasteiger partial charge < -0.3 is 25.3 Å². The van der Waals surface area contributed by atoms with E-state index in [1.165, 1.54) is 0 Å². The molecule has 0 aliphatic rings. The van der Waals surface area contributed by atoms with Gasteiger partial charge in [-0.15, -0.1) is 12.4 Å². The van der Waals surface area contributed by atoms with Crippen molar-refractivity contribution in [3.63, 3.8) is 0 Å². The number of nitrogens with one attached hydrogen (secondary N) is 1. The molecule has 0 fully saturated rings. The fraction of sp³-hybridized carbons (Fsp3) is 0.500. The van der Waals surface area contributed by atoms with E-state index in [9.17, 15) is 4.79 Å². The number of amides is 1. The molecule has 7 heteroatoms. The van der Waals surface area contributed by atoms with E-state index in [0.29, 0.717) is 43.2 Å². The van der Waals surface area contributed by atoms with Gasteiger partial charge in [-0.3, -0.25) is 4.79 Å². The van der Waals surface area contributed by atoms with Crippen molar-refractivity contribution in [1.29, 1.82) is 0 Å². The molecule has 3 N–H and O–H groups in total. The molecular formula is C14H23ClN2O4. The molecule has 0 aromatic heterocycles. The molecule has 0 aliphatic heterocycles. The van der Waals surface area contributed by atoms with Crippen molar-refractivity contribution in [1.82, 2.24) is 5.32 Å². The molecule has 0 saturated heterocycles. The molecule has 21 heavy (non-hydrogen) atoms. The number of nitrogens with two attached hydrogens (primary N) is 1. The number of carbonyl (C=O) groups excluding carboxylic acids is 1. The predicted molar refractivity (Wildman–Crippen MR) is 83.7 cm³/mol. The van der Waals surface area contributed by atoms with Crippen LogP contribution in [0.4, 0.5) is 0 Å². The Morgan fingerprint density at radius 3 is 2.33 bits per heavy atom. The third-order valence-electron chi connectivity index (χ3n) is 2.87. The topological polar surface area (TPSA) is 82.8 Å². The lowest BCUT2D eigenvalue weighted by atomic mass is 10.1. The molecule has 0 heterocycles. The predicted octanol–water partition coefficient (Wildman–Crippen LogP) is 1.14. The van der Waals surface area contributed by atoms with Gasteiger partial charge in [-0.05, 0) is 18.1 Å². The summed E-state index contributed by atoms with van der Waals surface area (Å²) in [5.74, 6) is 1.70. The van der Waals surface area contributed by atoms with Crippen LogP contribution in [0, 0.1) is 0 Å². The fourth-order valence-electron chi connectivity index (χ4n) is 1.91. The standard InChI is InChI=1S/C14H22N2O4.ClH/c1-18-11-6-4-10(13(19-2)14(11)20-3)5-7-12(17)16-9-8-15;/h4,6H,5,7-9,15H2,1-3H3,(H,16,17);1H. The number of benzene rings is 1. The molecule has 1 aromatic rings. The highest BCUT2D eigenvalue weighted by Gasteiger charge is 2.16. The summed E-state index contributed by atoms with van der Waals surface area (Å²) in [5.41, 5.74) is 6.23. The summed E-state index contributed by atoms with van der Waals surface area (Å²) in [7, 11) is 4.69. The molecule has 0 saturated carbocycles. The molecule has 1 rings (SSSR count). The molecule has 0 bridgehead atoms. The smallest absolute Gasteiger partial charge is 0.220 e. The Hall–Kier alpha value is -1.66. The molecule has 1 amide bonds. The second-order valence-electron chi connectivity index (χ2n) is 4.13. The highest BCUT2D eigenvalue weighted by molar-refractivity contribution is 5.85. The number of hydrogen-bond acceptors (Lipinski definition) is 5. The van der Waals surface area contributed by atoms with Gasteiger partial charge in [-0.25, -0.2) is 0 Å². The summed E-state index contributed by atoms with van der Waals surface area (Å²) in [4.78, 5) is 11.6. The van der Waals surface area contributed by atoms with E-state index >= 15 is 0 Å². The summed E-state index contributed by atoms with van der Waals surface area (Å²) in [6.07, 6.45) is 0.922. The van der Waals surface area contributed by atoms with E-state index in [1.807, 2.05) is 6.07 Å². The number of hydrogen-bond donors (Lipinski definition) is 2. The molecule has 1 aromatic carbocycles. The monoisotopic (exact) mass is 318 g/mol. The van der Waals surface area contributed by atoms with Crippen LogP contribution in [-0.4, -0.2) is 40.3 Å². The molecule has 120 valence electrons. The highest BCUT2D eigenvalue weighted by atomic mass is 35.5. The lowest BCUT2D eigenvalue weighted by Gasteiger charge is -2.15. The second-order valence-corrected chi connectivity index (χ2v) is 4.13. The lowest BCUT2D eigenvalue weighted by molar-refractivity contribution is -0.121. The van der Waals surface area contributed by atoms with Gasteiger partial charge >= 0.3 is 0 Å². The van der Waals surface area contributed by atoms with Gasteiger partial charge in [0.05, 0.1) is 21.3 Å². The van der Waals surface area contributed by atoms with E-state index in [2.05, 4.69) is 5.32 Å². The van der Waals surface area contributed by atoms with Gasteiger partial charge in [0.25, 0.3) is 0 Å². The van der Waals surface area contributed by atoms with Crippen molar-refractivity contribution in [2.45, 2.75) is 12.8 Å². The minimum Gasteiger partial charge on any atom is -0.493 e. The van der Waals surface area contributed by atoms with Crippen LogP contribution in [0.1, 0.15) is 12.0 Å².